The van der Waals surface area contributed by atoms with Crippen molar-refractivity contribution in [3.05, 3.63) is 36.7 Å². The Bertz CT molecular complexity index is 804. The maximum atomic E-state index is 12.4. The van der Waals surface area contributed by atoms with Gasteiger partial charge in [0.2, 0.25) is 5.91 Å². The van der Waals surface area contributed by atoms with Crippen molar-refractivity contribution in [1.82, 2.24) is 14.9 Å². The number of rotatable bonds is 7. The third-order valence-electron chi connectivity index (χ3n) is 4.79. The molecule has 0 bridgehead atoms. The Balaban J connectivity index is 1.68. The number of piperidine rings is 1. The zero-order valence-electron chi connectivity index (χ0n) is 15.2. The first kappa shape index (κ1) is 18.2. The van der Waals surface area contributed by atoms with Gasteiger partial charge < -0.3 is 14.6 Å². The van der Waals surface area contributed by atoms with Gasteiger partial charge in [0.05, 0.1) is 6.20 Å². The van der Waals surface area contributed by atoms with Crippen LogP contribution >= 0.6 is 0 Å². The average molecular weight is 355 g/mol. The molecule has 0 unspecified atom stereocenters. The lowest BCUT2D eigenvalue weighted by molar-refractivity contribution is -0.127. The smallest absolute Gasteiger partial charge is 0.245 e. The number of fused-ring (bicyclic) bond motifs is 1. The number of pyridine rings is 1. The molecular formula is C20H25N3O3. The highest BCUT2D eigenvalue weighted by atomic mass is 16.5. The standard InChI is InChI=1S/C20H25N3O3/c1-3-5-6-18(24)17-13-22-20-16(17)11-15(12-21-20)26-14-7-9-23(10-8-14)19(25)4-2/h4,11-14H,2-3,5-10H2,1H3,(H,21,22). The van der Waals surface area contributed by atoms with Crippen molar-refractivity contribution in [2.24, 2.45) is 0 Å². The Hall–Kier alpha value is -2.63. The molecule has 6 nitrogen and oxygen atoms in total. The van der Waals surface area contributed by atoms with Gasteiger partial charge in [-0.05, 0) is 18.6 Å². The van der Waals surface area contributed by atoms with Crippen LogP contribution in [0.4, 0.5) is 0 Å². The van der Waals surface area contributed by atoms with Crippen LogP contribution in [0.25, 0.3) is 11.0 Å². The highest BCUT2D eigenvalue weighted by molar-refractivity contribution is 6.07. The number of H-pyrrole nitrogens is 1. The fraction of sp³-hybridized carbons (Fsp3) is 0.450. The van der Waals surface area contributed by atoms with E-state index < -0.39 is 0 Å². The van der Waals surface area contributed by atoms with Gasteiger partial charge in [-0.2, -0.15) is 0 Å². The molecule has 0 saturated carbocycles. The molecule has 0 aromatic carbocycles. The minimum atomic E-state index is -0.0332. The largest absolute Gasteiger partial charge is 0.489 e. The summed E-state index contributed by atoms with van der Waals surface area (Å²) in [5.74, 6) is 0.762. The molecule has 0 spiro atoms. The van der Waals surface area contributed by atoms with E-state index in [1.54, 1.807) is 17.3 Å². The molecule has 1 N–H and O–H groups in total. The van der Waals surface area contributed by atoms with Crippen molar-refractivity contribution in [2.45, 2.75) is 45.1 Å². The van der Waals surface area contributed by atoms with Gasteiger partial charge in [0.15, 0.2) is 5.78 Å². The lowest BCUT2D eigenvalue weighted by Gasteiger charge is -2.31. The number of Topliss-reactive ketones (excluding diaryl/α,β-unsaturated/α-hetero) is 1. The molecule has 0 atom stereocenters. The third-order valence-corrected chi connectivity index (χ3v) is 4.79. The van der Waals surface area contributed by atoms with Gasteiger partial charge in [-0.3, -0.25) is 9.59 Å². The maximum absolute atomic E-state index is 12.4. The van der Waals surface area contributed by atoms with Crippen LogP contribution in [-0.4, -0.2) is 45.8 Å². The second kappa shape index (κ2) is 8.17. The number of likely N-dealkylation sites (tertiary alicyclic amines) is 1. The van der Waals surface area contributed by atoms with E-state index in [4.69, 9.17) is 4.74 Å². The first-order chi connectivity index (χ1) is 12.6. The van der Waals surface area contributed by atoms with Gasteiger partial charge in [0, 0.05) is 49.5 Å². The van der Waals surface area contributed by atoms with Crippen LogP contribution in [0, 0.1) is 0 Å². The van der Waals surface area contributed by atoms with Crippen molar-refractivity contribution in [1.29, 1.82) is 0 Å². The molecule has 1 saturated heterocycles. The average Bonchev–Trinajstić information content (AvgIpc) is 3.09. The molecule has 3 rings (SSSR count). The Morgan fingerprint density at radius 1 is 1.42 bits per heavy atom. The van der Waals surface area contributed by atoms with Gasteiger partial charge in [-0.1, -0.05) is 19.9 Å². The number of ether oxygens (including phenoxy) is 1. The number of unbranched alkanes of at least 4 members (excludes halogenated alkanes) is 1. The topological polar surface area (TPSA) is 75.3 Å². The molecule has 3 heterocycles. The van der Waals surface area contributed by atoms with Crippen molar-refractivity contribution in [2.75, 3.05) is 13.1 Å². The third kappa shape index (κ3) is 3.95. The molecular weight excluding hydrogens is 330 g/mol. The zero-order chi connectivity index (χ0) is 18.5. The van der Waals surface area contributed by atoms with E-state index in [1.165, 1.54) is 6.08 Å². The van der Waals surface area contributed by atoms with Crippen LogP contribution in [0.1, 0.15) is 49.4 Å². The van der Waals surface area contributed by atoms with E-state index in [9.17, 15) is 9.59 Å². The van der Waals surface area contributed by atoms with Crippen LogP contribution in [0.2, 0.25) is 0 Å². The minimum Gasteiger partial charge on any atom is -0.489 e. The van der Waals surface area contributed by atoms with Gasteiger partial charge >= 0.3 is 0 Å². The van der Waals surface area contributed by atoms with E-state index in [2.05, 4.69) is 23.5 Å². The highest BCUT2D eigenvalue weighted by Gasteiger charge is 2.23. The van der Waals surface area contributed by atoms with Crippen molar-refractivity contribution in [3.8, 4) is 5.75 Å². The normalized spacial score (nSPS) is 15.2. The van der Waals surface area contributed by atoms with E-state index in [0.717, 1.165) is 31.1 Å². The van der Waals surface area contributed by atoms with Crippen LogP contribution in [0.15, 0.2) is 31.1 Å². The van der Waals surface area contributed by atoms with Crippen LogP contribution in [0.3, 0.4) is 0 Å². The molecule has 0 radical (unpaired) electrons. The summed E-state index contributed by atoms with van der Waals surface area (Å²) in [6.07, 6.45) is 8.78. The predicted molar refractivity (Wildman–Crippen MR) is 100 cm³/mol. The maximum Gasteiger partial charge on any atom is 0.245 e. The number of hydrogen-bond donors (Lipinski definition) is 1. The number of aromatic amines is 1. The molecule has 1 amide bonds. The Morgan fingerprint density at radius 3 is 2.88 bits per heavy atom. The fourth-order valence-corrected chi connectivity index (χ4v) is 3.27. The number of nitrogens with one attached hydrogen (secondary N) is 1. The molecule has 2 aromatic rings. The molecule has 26 heavy (non-hydrogen) atoms. The van der Waals surface area contributed by atoms with Gasteiger partial charge in [-0.15, -0.1) is 0 Å². The van der Waals surface area contributed by atoms with Gasteiger partial charge in [-0.25, -0.2) is 4.98 Å². The van der Waals surface area contributed by atoms with Gasteiger partial charge in [0.25, 0.3) is 0 Å². The quantitative estimate of drug-likeness (QED) is 0.609. The number of carbonyl (C=O) groups excluding carboxylic acids is 2. The summed E-state index contributed by atoms with van der Waals surface area (Å²) in [7, 11) is 0. The molecule has 1 aliphatic rings. The van der Waals surface area contributed by atoms with Crippen molar-refractivity contribution >= 4 is 22.7 Å². The number of ketones is 1. The van der Waals surface area contributed by atoms with E-state index in [-0.39, 0.29) is 17.8 Å². The number of amides is 1. The van der Waals surface area contributed by atoms with E-state index in [0.29, 0.717) is 36.5 Å². The van der Waals surface area contributed by atoms with E-state index in [1.807, 2.05) is 6.07 Å². The summed E-state index contributed by atoms with van der Waals surface area (Å²) in [4.78, 5) is 33.2. The molecule has 1 fully saturated rings. The lowest BCUT2D eigenvalue weighted by atomic mass is 10.1. The Morgan fingerprint density at radius 2 is 2.19 bits per heavy atom. The number of carbonyl (C=O) groups is 2. The summed E-state index contributed by atoms with van der Waals surface area (Å²) >= 11 is 0. The van der Waals surface area contributed by atoms with Crippen LogP contribution in [-0.2, 0) is 4.79 Å². The molecule has 1 aliphatic heterocycles. The van der Waals surface area contributed by atoms with E-state index >= 15 is 0 Å². The molecule has 6 heteroatoms. The van der Waals surface area contributed by atoms with Gasteiger partial charge in [0.1, 0.15) is 17.5 Å². The number of hydrogen-bond acceptors (Lipinski definition) is 4. The monoisotopic (exact) mass is 355 g/mol. The second-order valence-electron chi connectivity index (χ2n) is 6.64. The Labute approximate surface area is 153 Å². The summed E-state index contributed by atoms with van der Waals surface area (Å²) < 4.78 is 6.06. The minimum absolute atomic E-state index is 0.0332. The van der Waals surface area contributed by atoms with Crippen molar-refractivity contribution in [3.63, 3.8) is 0 Å². The van der Waals surface area contributed by atoms with Crippen molar-refractivity contribution < 1.29 is 14.3 Å². The molecule has 138 valence electrons. The number of nitrogens with zero attached hydrogens (tertiary/aromatic N) is 2. The Kier molecular flexibility index (Phi) is 5.71. The first-order valence-corrected chi connectivity index (χ1v) is 9.20. The summed E-state index contributed by atoms with van der Waals surface area (Å²) in [5.41, 5.74) is 1.38. The molecule has 0 aliphatic carbocycles. The molecule has 2 aromatic heterocycles. The summed E-state index contributed by atoms with van der Waals surface area (Å²) in [6.45, 7) is 6.93. The lowest BCUT2D eigenvalue weighted by Crippen LogP contribution is -2.41. The zero-order valence-corrected chi connectivity index (χ0v) is 15.2. The highest BCUT2D eigenvalue weighted by Crippen LogP contribution is 2.25. The predicted octanol–water partition coefficient (Wildman–Crippen LogP) is 3.49. The number of aromatic nitrogens is 2. The van der Waals surface area contributed by atoms with Crippen LogP contribution in [0.5, 0.6) is 5.75 Å². The second-order valence-corrected chi connectivity index (χ2v) is 6.64. The summed E-state index contributed by atoms with van der Waals surface area (Å²) in [5, 5.41) is 0.808. The SMILES string of the molecule is C=CC(=O)N1CCC(Oc2cnc3[nH]cc(C(=O)CCCC)c3c2)CC1. The first-order valence-electron chi connectivity index (χ1n) is 9.20. The summed E-state index contributed by atoms with van der Waals surface area (Å²) in [6, 6.07) is 1.89. The van der Waals surface area contributed by atoms with Crippen LogP contribution < -0.4 is 4.74 Å². The fourth-order valence-electron chi connectivity index (χ4n) is 3.27.